The highest BCUT2D eigenvalue weighted by Crippen LogP contribution is 2.42. The zero-order valence-electron chi connectivity index (χ0n) is 19.5. The molecule has 3 aromatic carbocycles. The predicted octanol–water partition coefficient (Wildman–Crippen LogP) is 11.2. The summed E-state index contributed by atoms with van der Waals surface area (Å²) in [6.45, 7) is 12.7. The zero-order valence-corrected chi connectivity index (χ0v) is 22.7. The van der Waals surface area contributed by atoms with Gasteiger partial charge in [-0.25, -0.2) is 4.85 Å². The molecule has 0 aliphatic carbocycles. The molecule has 0 aliphatic heterocycles. The Morgan fingerprint density at radius 1 is 0.719 bits per heavy atom. The molecule has 0 fully saturated rings. The Morgan fingerprint density at radius 2 is 1.25 bits per heavy atom. The van der Waals surface area contributed by atoms with Crippen LogP contribution in [0.1, 0.15) is 83.6 Å². The first-order chi connectivity index (χ1) is 15.6. The largest absolute Gasteiger partial charge is 0.237 e. The van der Waals surface area contributed by atoms with Gasteiger partial charge in [-0.1, -0.05) is 128 Å². The highest BCUT2D eigenvalue weighted by Gasteiger charge is 2.19. The number of hydrogen-bond donors (Lipinski definition) is 0. The first-order valence-electron chi connectivity index (χ1n) is 12.3. The van der Waals surface area contributed by atoms with Crippen LogP contribution >= 0.6 is 31.9 Å². The predicted molar refractivity (Wildman–Crippen MR) is 148 cm³/mol. The molecule has 32 heavy (non-hydrogen) atoms. The van der Waals surface area contributed by atoms with Gasteiger partial charge in [0.05, 0.1) is 6.57 Å². The van der Waals surface area contributed by atoms with Crippen molar-refractivity contribution in [3.8, 4) is 0 Å². The number of unbranched alkanes of at least 4 members (excludes halogenated alkanes) is 6. The maximum atomic E-state index is 8.09. The minimum atomic E-state index is 0.649. The monoisotopic (exact) mass is 555 g/mol. The van der Waals surface area contributed by atoms with Gasteiger partial charge in [-0.05, 0) is 57.6 Å². The van der Waals surface area contributed by atoms with Crippen LogP contribution in [0, 0.1) is 12.5 Å². The van der Waals surface area contributed by atoms with Gasteiger partial charge in [-0.15, -0.1) is 0 Å². The van der Waals surface area contributed by atoms with Crippen LogP contribution < -0.4 is 0 Å². The lowest BCUT2D eigenvalue weighted by atomic mass is 9.85. The summed E-state index contributed by atoms with van der Waals surface area (Å²) < 4.78 is 2.12. The number of halogens is 2. The van der Waals surface area contributed by atoms with E-state index >= 15 is 0 Å². The van der Waals surface area contributed by atoms with E-state index in [4.69, 9.17) is 6.57 Å². The van der Waals surface area contributed by atoms with Crippen LogP contribution in [-0.4, -0.2) is 0 Å². The molecule has 3 rings (SSSR count). The fraction of sp³-hybridized carbons (Fsp3) is 0.483. The molecule has 0 spiro atoms. The summed E-state index contributed by atoms with van der Waals surface area (Å²) in [6, 6.07) is 12.9. The van der Waals surface area contributed by atoms with Gasteiger partial charge in [0.25, 0.3) is 0 Å². The number of nitrogens with zero attached hydrogens (tertiary/aromatic N) is 1. The minimum absolute atomic E-state index is 0.649. The fourth-order valence-corrected chi connectivity index (χ4v) is 5.65. The van der Waals surface area contributed by atoms with Gasteiger partial charge in [-0.3, -0.25) is 0 Å². The van der Waals surface area contributed by atoms with Gasteiger partial charge in [0.15, 0.2) is 5.69 Å². The van der Waals surface area contributed by atoms with Crippen LogP contribution in [0.15, 0.2) is 45.3 Å². The summed E-state index contributed by atoms with van der Waals surface area (Å²) in [7, 11) is 0. The Labute approximate surface area is 211 Å². The van der Waals surface area contributed by atoms with E-state index in [0.717, 1.165) is 26.4 Å². The minimum Gasteiger partial charge on any atom is -0.237 e. The molecule has 0 atom stereocenters. The Hall–Kier alpha value is -1.37. The number of hydrogen-bond acceptors (Lipinski definition) is 0. The van der Waals surface area contributed by atoms with Gasteiger partial charge in [0.2, 0.25) is 0 Å². The molecular formula is C29H35Br2N. The van der Waals surface area contributed by atoms with Gasteiger partial charge in [-0.2, -0.15) is 0 Å². The van der Waals surface area contributed by atoms with Crippen LogP contribution in [0.5, 0.6) is 0 Å². The van der Waals surface area contributed by atoms with Crippen molar-refractivity contribution < 1.29 is 0 Å². The number of rotatable bonds is 12. The zero-order chi connectivity index (χ0) is 22.9. The topological polar surface area (TPSA) is 4.36 Å². The molecule has 0 radical (unpaired) electrons. The maximum Gasteiger partial charge on any atom is 0.198 e. The van der Waals surface area contributed by atoms with E-state index in [9.17, 15) is 0 Å². The van der Waals surface area contributed by atoms with Crippen molar-refractivity contribution in [3.05, 3.63) is 62.3 Å². The molecule has 0 heterocycles. The van der Waals surface area contributed by atoms with Crippen molar-refractivity contribution in [2.75, 3.05) is 0 Å². The average molecular weight is 557 g/mol. The number of benzene rings is 3. The fourth-order valence-electron chi connectivity index (χ4n) is 4.93. The second-order valence-electron chi connectivity index (χ2n) is 9.09. The van der Waals surface area contributed by atoms with Crippen molar-refractivity contribution in [2.45, 2.75) is 84.5 Å². The lowest BCUT2D eigenvalue weighted by Crippen LogP contribution is -2.06. The van der Waals surface area contributed by atoms with Crippen molar-refractivity contribution in [1.82, 2.24) is 0 Å². The van der Waals surface area contributed by atoms with Gasteiger partial charge in [0, 0.05) is 8.95 Å². The van der Waals surface area contributed by atoms with Gasteiger partial charge < -0.3 is 0 Å². The molecule has 0 amide bonds. The van der Waals surface area contributed by atoms with Crippen molar-refractivity contribution in [3.63, 3.8) is 0 Å². The summed E-state index contributed by atoms with van der Waals surface area (Å²) >= 11 is 7.32. The van der Waals surface area contributed by atoms with E-state index in [1.54, 1.807) is 0 Å². The third kappa shape index (κ3) is 6.36. The Bertz CT molecular complexity index is 1070. The van der Waals surface area contributed by atoms with E-state index in [0.29, 0.717) is 5.92 Å². The quantitative estimate of drug-likeness (QED) is 0.119. The van der Waals surface area contributed by atoms with Crippen molar-refractivity contribution >= 4 is 59.1 Å². The SMILES string of the molecule is [C-]#[N+]c1c(CC(CCCCCC)CCCCCC)c2cc(Br)ccc2c2ccc(Br)cc12. The standard InChI is InChI=1S/C29H35Br2N/c1-4-6-8-10-12-21(13-11-9-7-5-2)18-27-26-19-22(30)14-16-24(26)25-17-15-23(31)20-28(25)29(27)32-3/h14-17,19-21H,4-13,18H2,1-2H3. The van der Waals surface area contributed by atoms with Crippen LogP contribution in [0.2, 0.25) is 0 Å². The third-order valence-corrected chi connectivity index (χ3v) is 7.64. The Balaban J connectivity index is 2.04. The molecular weight excluding hydrogens is 522 g/mol. The second-order valence-corrected chi connectivity index (χ2v) is 10.9. The van der Waals surface area contributed by atoms with E-state index in [1.165, 1.54) is 85.9 Å². The number of fused-ring (bicyclic) bond motifs is 3. The first kappa shape index (κ1) is 25.3. The highest BCUT2D eigenvalue weighted by atomic mass is 79.9. The molecule has 170 valence electrons. The third-order valence-electron chi connectivity index (χ3n) is 6.66. The Kier molecular flexibility index (Phi) is 10.1. The molecule has 0 aliphatic rings. The highest BCUT2D eigenvalue weighted by molar-refractivity contribution is 9.10. The molecule has 0 saturated carbocycles. The molecule has 1 nitrogen and oxygen atoms in total. The summed E-state index contributed by atoms with van der Waals surface area (Å²) in [5.41, 5.74) is 2.09. The van der Waals surface area contributed by atoms with Gasteiger partial charge >= 0.3 is 0 Å². The van der Waals surface area contributed by atoms with Crippen molar-refractivity contribution in [1.29, 1.82) is 0 Å². The van der Waals surface area contributed by atoms with Crippen LogP contribution in [-0.2, 0) is 6.42 Å². The summed E-state index contributed by atoms with van der Waals surface area (Å²) in [4.78, 5) is 4.11. The first-order valence-corrected chi connectivity index (χ1v) is 13.9. The van der Waals surface area contributed by atoms with E-state index in [2.05, 4.69) is 87.0 Å². The summed E-state index contributed by atoms with van der Waals surface area (Å²) in [6.07, 6.45) is 14.0. The lowest BCUT2D eigenvalue weighted by Gasteiger charge is -2.21. The van der Waals surface area contributed by atoms with E-state index in [1.807, 2.05) is 0 Å². The maximum absolute atomic E-state index is 8.09. The van der Waals surface area contributed by atoms with E-state index < -0.39 is 0 Å². The van der Waals surface area contributed by atoms with Gasteiger partial charge in [0.1, 0.15) is 0 Å². The average Bonchev–Trinajstić information content (AvgIpc) is 2.79. The molecule has 3 aromatic rings. The molecule has 3 heteroatoms. The van der Waals surface area contributed by atoms with Crippen LogP contribution in [0.3, 0.4) is 0 Å². The van der Waals surface area contributed by atoms with Crippen LogP contribution in [0.25, 0.3) is 26.4 Å². The van der Waals surface area contributed by atoms with Crippen LogP contribution in [0.4, 0.5) is 5.69 Å². The summed E-state index contributed by atoms with van der Waals surface area (Å²) in [5.74, 6) is 0.649. The molecule has 0 aromatic heterocycles. The lowest BCUT2D eigenvalue weighted by molar-refractivity contribution is 0.405. The molecule has 0 unspecified atom stereocenters. The Morgan fingerprint density at radius 3 is 1.78 bits per heavy atom. The normalized spacial score (nSPS) is 11.5. The van der Waals surface area contributed by atoms with Crippen molar-refractivity contribution in [2.24, 2.45) is 5.92 Å². The summed E-state index contributed by atoms with van der Waals surface area (Å²) in [5, 5.41) is 4.75. The molecule has 0 bridgehead atoms. The second kappa shape index (κ2) is 12.8. The van der Waals surface area contributed by atoms with E-state index in [-0.39, 0.29) is 0 Å². The smallest absolute Gasteiger partial charge is 0.198 e. The molecule has 0 saturated heterocycles. The molecule has 0 N–H and O–H groups in total.